The zero-order valence-electron chi connectivity index (χ0n) is 8.83. The Morgan fingerprint density at radius 3 is 2.50 bits per heavy atom. The van der Waals surface area contributed by atoms with Crippen LogP contribution in [0.5, 0.6) is 0 Å². The SMILES string of the molecule is COCCNC(=O)C(=O)c1ccc(Cl)cc1. The van der Waals surface area contributed by atoms with Crippen LogP contribution in [0.15, 0.2) is 24.3 Å². The first-order valence-electron chi connectivity index (χ1n) is 4.72. The minimum absolute atomic E-state index is 0.314. The maximum atomic E-state index is 11.6. The van der Waals surface area contributed by atoms with Gasteiger partial charge in [0.15, 0.2) is 0 Å². The molecular formula is C11H12ClNO3. The summed E-state index contributed by atoms with van der Waals surface area (Å²) in [5.41, 5.74) is 0.319. The van der Waals surface area contributed by atoms with Crippen LogP contribution in [0.3, 0.4) is 0 Å². The van der Waals surface area contributed by atoms with Crippen LogP contribution in [-0.2, 0) is 9.53 Å². The molecule has 1 aromatic rings. The zero-order chi connectivity index (χ0) is 12.0. The van der Waals surface area contributed by atoms with Gasteiger partial charge in [0.2, 0.25) is 5.78 Å². The van der Waals surface area contributed by atoms with E-state index >= 15 is 0 Å². The molecular weight excluding hydrogens is 230 g/mol. The number of halogens is 1. The van der Waals surface area contributed by atoms with Gasteiger partial charge in [-0.15, -0.1) is 0 Å². The Bertz CT molecular complexity index is 375. The Morgan fingerprint density at radius 1 is 1.31 bits per heavy atom. The summed E-state index contributed by atoms with van der Waals surface area (Å²) in [6.07, 6.45) is 0. The molecule has 1 amide bonds. The van der Waals surface area contributed by atoms with Gasteiger partial charge in [0, 0.05) is 24.2 Å². The van der Waals surface area contributed by atoms with Gasteiger partial charge < -0.3 is 10.1 Å². The number of amides is 1. The molecule has 86 valence electrons. The van der Waals surface area contributed by atoms with E-state index in [1.165, 1.54) is 19.2 Å². The smallest absolute Gasteiger partial charge is 0.292 e. The molecule has 0 aromatic heterocycles. The summed E-state index contributed by atoms with van der Waals surface area (Å²) in [7, 11) is 1.52. The Kier molecular flexibility index (Phi) is 4.95. The molecule has 0 saturated carbocycles. The lowest BCUT2D eigenvalue weighted by molar-refractivity contribution is -0.117. The number of benzene rings is 1. The Hall–Kier alpha value is -1.39. The summed E-state index contributed by atoms with van der Waals surface area (Å²) in [5.74, 6) is -1.22. The largest absolute Gasteiger partial charge is 0.383 e. The first-order chi connectivity index (χ1) is 7.65. The quantitative estimate of drug-likeness (QED) is 0.480. The number of carbonyl (C=O) groups is 2. The lowest BCUT2D eigenvalue weighted by Gasteiger charge is -2.03. The van der Waals surface area contributed by atoms with E-state index in [2.05, 4.69) is 5.32 Å². The van der Waals surface area contributed by atoms with Gasteiger partial charge in [0.1, 0.15) is 0 Å². The number of ketones is 1. The van der Waals surface area contributed by atoms with Gasteiger partial charge in [0.25, 0.3) is 5.91 Å². The maximum Gasteiger partial charge on any atom is 0.292 e. The summed E-state index contributed by atoms with van der Waals surface area (Å²) < 4.78 is 4.75. The van der Waals surface area contributed by atoms with Gasteiger partial charge in [-0.2, -0.15) is 0 Å². The molecule has 0 fully saturated rings. The number of nitrogens with one attached hydrogen (secondary N) is 1. The van der Waals surface area contributed by atoms with Gasteiger partial charge in [-0.05, 0) is 24.3 Å². The molecule has 4 nitrogen and oxygen atoms in total. The van der Waals surface area contributed by atoms with E-state index in [0.717, 1.165) is 0 Å². The predicted octanol–water partition coefficient (Wildman–Crippen LogP) is 1.29. The fraction of sp³-hybridized carbons (Fsp3) is 0.273. The highest BCUT2D eigenvalue weighted by Gasteiger charge is 2.14. The van der Waals surface area contributed by atoms with Crippen molar-refractivity contribution in [3.8, 4) is 0 Å². The predicted molar refractivity (Wildman–Crippen MR) is 60.7 cm³/mol. The van der Waals surface area contributed by atoms with Crippen molar-refractivity contribution >= 4 is 23.3 Å². The van der Waals surface area contributed by atoms with Crippen LogP contribution in [0, 0.1) is 0 Å². The van der Waals surface area contributed by atoms with Crippen LogP contribution in [0.2, 0.25) is 5.02 Å². The molecule has 16 heavy (non-hydrogen) atoms. The average Bonchev–Trinajstić information content (AvgIpc) is 2.29. The lowest BCUT2D eigenvalue weighted by Crippen LogP contribution is -2.33. The highest BCUT2D eigenvalue weighted by atomic mass is 35.5. The lowest BCUT2D eigenvalue weighted by atomic mass is 10.1. The molecule has 0 heterocycles. The number of hydrogen-bond donors (Lipinski definition) is 1. The van der Waals surface area contributed by atoms with Gasteiger partial charge in [-0.3, -0.25) is 9.59 Å². The van der Waals surface area contributed by atoms with Gasteiger partial charge in [0.05, 0.1) is 6.61 Å². The third kappa shape index (κ3) is 3.64. The van der Waals surface area contributed by atoms with Crippen molar-refractivity contribution in [2.24, 2.45) is 0 Å². The molecule has 0 radical (unpaired) electrons. The van der Waals surface area contributed by atoms with E-state index in [1.807, 2.05) is 0 Å². The minimum atomic E-state index is -0.639. The van der Waals surface area contributed by atoms with Gasteiger partial charge in [-0.1, -0.05) is 11.6 Å². The van der Waals surface area contributed by atoms with Crippen molar-refractivity contribution in [2.75, 3.05) is 20.3 Å². The second-order valence-corrected chi connectivity index (χ2v) is 3.52. The third-order valence-corrected chi connectivity index (χ3v) is 2.16. The van der Waals surface area contributed by atoms with Crippen molar-refractivity contribution < 1.29 is 14.3 Å². The van der Waals surface area contributed by atoms with E-state index in [9.17, 15) is 9.59 Å². The Labute approximate surface area is 98.5 Å². The van der Waals surface area contributed by atoms with Crippen molar-refractivity contribution in [3.05, 3.63) is 34.9 Å². The van der Waals surface area contributed by atoms with Gasteiger partial charge >= 0.3 is 0 Å². The topological polar surface area (TPSA) is 55.4 Å². The van der Waals surface area contributed by atoms with E-state index in [0.29, 0.717) is 23.7 Å². The van der Waals surface area contributed by atoms with Gasteiger partial charge in [-0.25, -0.2) is 0 Å². The Morgan fingerprint density at radius 2 is 1.94 bits per heavy atom. The van der Waals surface area contributed by atoms with Crippen molar-refractivity contribution in [3.63, 3.8) is 0 Å². The maximum absolute atomic E-state index is 11.6. The Balaban J connectivity index is 2.57. The monoisotopic (exact) mass is 241 g/mol. The van der Waals surface area contributed by atoms with E-state index in [1.54, 1.807) is 12.1 Å². The molecule has 1 rings (SSSR count). The highest BCUT2D eigenvalue weighted by Crippen LogP contribution is 2.09. The molecule has 0 saturated heterocycles. The molecule has 0 aliphatic heterocycles. The number of carbonyl (C=O) groups excluding carboxylic acids is 2. The van der Waals surface area contributed by atoms with Crippen LogP contribution >= 0.6 is 11.6 Å². The van der Waals surface area contributed by atoms with Crippen molar-refractivity contribution in [2.45, 2.75) is 0 Å². The summed E-state index contributed by atoms with van der Waals surface area (Å²) in [5, 5.41) is 2.97. The standard InChI is InChI=1S/C11H12ClNO3/c1-16-7-6-13-11(15)10(14)8-2-4-9(12)5-3-8/h2-5H,6-7H2,1H3,(H,13,15). The average molecular weight is 242 g/mol. The van der Waals surface area contributed by atoms with Crippen LogP contribution in [0.25, 0.3) is 0 Å². The number of ether oxygens (including phenoxy) is 1. The summed E-state index contributed by atoms with van der Waals surface area (Å²) in [4.78, 5) is 22.9. The molecule has 0 unspecified atom stereocenters. The van der Waals surface area contributed by atoms with Crippen LogP contribution < -0.4 is 5.32 Å². The fourth-order valence-electron chi connectivity index (χ4n) is 1.08. The normalized spacial score (nSPS) is 9.88. The summed E-state index contributed by atoms with van der Waals surface area (Å²) in [6, 6.07) is 6.16. The van der Waals surface area contributed by atoms with Crippen molar-refractivity contribution in [1.82, 2.24) is 5.32 Å². The second-order valence-electron chi connectivity index (χ2n) is 3.08. The number of Topliss-reactive ketones (excluding diaryl/α,β-unsaturated/α-hetero) is 1. The van der Waals surface area contributed by atoms with Crippen LogP contribution in [0.1, 0.15) is 10.4 Å². The first-order valence-corrected chi connectivity index (χ1v) is 5.10. The molecule has 0 atom stereocenters. The molecule has 5 heteroatoms. The fourth-order valence-corrected chi connectivity index (χ4v) is 1.21. The molecule has 0 aliphatic rings. The summed E-state index contributed by atoms with van der Waals surface area (Å²) >= 11 is 5.67. The molecule has 0 aliphatic carbocycles. The van der Waals surface area contributed by atoms with E-state index in [-0.39, 0.29) is 0 Å². The minimum Gasteiger partial charge on any atom is -0.383 e. The summed E-state index contributed by atoms with van der Waals surface area (Å²) in [6.45, 7) is 0.689. The number of rotatable bonds is 5. The first kappa shape index (κ1) is 12.7. The second kappa shape index (κ2) is 6.25. The van der Waals surface area contributed by atoms with Crippen LogP contribution in [-0.4, -0.2) is 32.0 Å². The van der Waals surface area contributed by atoms with Crippen molar-refractivity contribution in [1.29, 1.82) is 0 Å². The zero-order valence-corrected chi connectivity index (χ0v) is 9.58. The number of methoxy groups -OCH3 is 1. The molecule has 1 aromatic carbocycles. The highest BCUT2D eigenvalue weighted by molar-refractivity contribution is 6.43. The number of hydrogen-bond acceptors (Lipinski definition) is 3. The molecule has 0 spiro atoms. The van der Waals surface area contributed by atoms with E-state index < -0.39 is 11.7 Å². The molecule has 1 N–H and O–H groups in total. The van der Waals surface area contributed by atoms with Crippen LogP contribution in [0.4, 0.5) is 0 Å². The third-order valence-electron chi connectivity index (χ3n) is 1.90. The van der Waals surface area contributed by atoms with E-state index in [4.69, 9.17) is 16.3 Å². The molecule has 0 bridgehead atoms.